The fraction of sp³-hybridized carbons (Fsp3) is 0.476. The summed E-state index contributed by atoms with van der Waals surface area (Å²) in [6.07, 6.45) is -1.45. The highest BCUT2D eigenvalue weighted by molar-refractivity contribution is 8.44. The van der Waals surface area contributed by atoms with Crippen LogP contribution in [0.15, 0.2) is 30.0 Å². The van der Waals surface area contributed by atoms with Gasteiger partial charge in [0.15, 0.2) is 29.6 Å². The van der Waals surface area contributed by atoms with E-state index in [1.165, 1.54) is 34.3 Å². The number of thiol groups is 2. The molecule has 2 fully saturated rings. The smallest absolute Gasteiger partial charge is 0.382 e. The van der Waals surface area contributed by atoms with Gasteiger partial charge >= 0.3 is 13.6 Å². The molecule has 2 aliphatic heterocycles. The van der Waals surface area contributed by atoms with Crippen molar-refractivity contribution in [2.75, 3.05) is 18.9 Å². The van der Waals surface area contributed by atoms with Crippen LogP contribution < -0.4 is 11.3 Å². The van der Waals surface area contributed by atoms with E-state index in [2.05, 4.69) is 49.4 Å². The zero-order valence-electron chi connectivity index (χ0n) is 22.1. The van der Waals surface area contributed by atoms with Crippen LogP contribution in [0.25, 0.3) is 22.2 Å². The average molecular weight is 713 g/mol. The molecule has 2 saturated heterocycles. The number of halogens is 2. The topological polar surface area (TPSA) is 221 Å². The van der Waals surface area contributed by atoms with Gasteiger partial charge in [0.1, 0.15) is 29.5 Å². The van der Waals surface area contributed by atoms with Crippen molar-refractivity contribution in [2.45, 2.75) is 49.8 Å². The van der Waals surface area contributed by atoms with Crippen molar-refractivity contribution in [3.05, 3.63) is 40.6 Å². The zero-order chi connectivity index (χ0) is 31.4. The Bertz CT molecular complexity index is 1860. The first-order chi connectivity index (χ1) is 20.8. The Kier molecular flexibility index (Phi) is 8.88. The second kappa shape index (κ2) is 12.3. The molecule has 44 heavy (non-hydrogen) atoms. The molecule has 4 aromatic rings. The van der Waals surface area contributed by atoms with Gasteiger partial charge in [-0.15, -0.1) is 0 Å². The highest BCUT2D eigenvalue weighted by Crippen LogP contribution is 2.57. The monoisotopic (exact) mass is 712 g/mol. The van der Waals surface area contributed by atoms with Crippen LogP contribution >= 0.6 is 49.7 Å². The van der Waals surface area contributed by atoms with Crippen molar-refractivity contribution in [1.29, 1.82) is 0 Å². The maximum atomic E-state index is 15.0. The SMILES string of the molecule is Nc1ncnc2c1ncn2[C@@H]1O[C@H](COP(=O)(S)O[C@@H]2C[C@@H](COP(=O)(O)S)O[C@H]2n2cc(Cl)c3c(=O)[nH]cnc32)C[C@H]1F. The molecular formula is C21H24ClFN8O9P2S2. The molecule has 4 aromatic heterocycles. The maximum absolute atomic E-state index is 15.0. The average Bonchev–Trinajstić information content (AvgIpc) is 3.71. The number of aromatic amines is 1. The van der Waals surface area contributed by atoms with Crippen molar-refractivity contribution in [3.8, 4) is 0 Å². The number of nitrogens with two attached hydrogens (primary N) is 1. The Hall–Kier alpha value is -2.09. The highest BCUT2D eigenvalue weighted by Gasteiger charge is 2.44. The van der Waals surface area contributed by atoms with Crippen LogP contribution in [0.1, 0.15) is 25.3 Å². The van der Waals surface area contributed by atoms with E-state index in [9.17, 15) is 18.8 Å². The fourth-order valence-corrected chi connectivity index (χ4v) is 7.42. The number of rotatable bonds is 10. The lowest BCUT2D eigenvalue weighted by atomic mass is 10.2. The molecule has 2 aliphatic rings. The molecule has 2 unspecified atom stereocenters. The molecule has 4 N–H and O–H groups in total. The molecule has 0 aromatic carbocycles. The van der Waals surface area contributed by atoms with Crippen LogP contribution in [-0.4, -0.2) is 76.6 Å². The van der Waals surface area contributed by atoms with E-state index in [0.717, 1.165) is 0 Å². The second-order valence-corrected chi connectivity index (χ2v) is 15.9. The van der Waals surface area contributed by atoms with E-state index in [-0.39, 0.29) is 53.6 Å². The molecule has 23 heteroatoms. The van der Waals surface area contributed by atoms with Crippen molar-refractivity contribution in [3.63, 3.8) is 0 Å². The van der Waals surface area contributed by atoms with Crippen LogP contribution in [0.2, 0.25) is 5.02 Å². The summed E-state index contributed by atoms with van der Waals surface area (Å²) in [7, 11) is 0. The summed E-state index contributed by atoms with van der Waals surface area (Å²) in [4.78, 5) is 40.5. The quantitative estimate of drug-likeness (QED) is 0.118. The largest absolute Gasteiger partial charge is 0.386 e. The molecule has 0 radical (unpaired) electrons. The highest BCUT2D eigenvalue weighted by atomic mass is 35.5. The summed E-state index contributed by atoms with van der Waals surface area (Å²) in [5.74, 6) is 0.131. The molecule has 238 valence electrons. The summed E-state index contributed by atoms with van der Waals surface area (Å²) < 4.78 is 70.7. The number of nitrogens with zero attached hydrogens (tertiary/aromatic N) is 6. The lowest BCUT2D eigenvalue weighted by Crippen LogP contribution is -2.23. The third kappa shape index (κ3) is 6.57. The van der Waals surface area contributed by atoms with Crippen LogP contribution in [0, 0.1) is 0 Å². The Labute approximate surface area is 261 Å². The van der Waals surface area contributed by atoms with Crippen molar-refractivity contribution in [1.82, 2.24) is 34.1 Å². The number of hydrogen-bond acceptors (Lipinski definition) is 13. The Morgan fingerprint density at radius 3 is 2.59 bits per heavy atom. The van der Waals surface area contributed by atoms with Gasteiger partial charge in [-0.2, -0.15) is 0 Å². The van der Waals surface area contributed by atoms with Gasteiger partial charge in [-0.05, 0) is 0 Å². The Balaban J connectivity index is 1.16. The first-order valence-electron chi connectivity index (χ1n) is 12.8. The number of hydrogen-bond donors (Lipinski definition) is 5. The minimum absolute atomic E-state index is 0.0138. The van der Waals surface area contributed by atoms with Crippen molar-refractivity contribution >= 4 is 77.7 Å². The molecule has 6 rings (SSSR count). The number of H-pyrrole nitrogens is 1. The molecule has 0 spiro atoms. The van der Waals surface area contributed by atoms with Crippen LogP contribution in [0.3, 0.4) is 0 Å². The van der Waals surface area contributed by atoms with E-state index >= 15 is 4.39 Å². The predicted octanol–water partition coefficient (Wildman–Crippen LogP) is 3.20. The minimum Gasteiger partial charge on any atom is -0.382 e. The maximum Gasteiger partial charge on any atom is 0.386 e. The van der Waals surface area contributed by atoms with Crippen LogP contribution in [0.5, 0.6) is 0 Å². The van der Waals surface area contributed by atoms with Crippen LogP contribution in [0.4, 0.5) is 10.2 Å². The summed E-state index contributed by atoms with van der Waals surface area (Å²) in [5, 5.41) is 0.135. The molecular weight excluding hydrogens is 689 g/mol. The van der Waals surface area contributed by atoms with Gasteiger partial charge < -0.3 is 29.7 Å². The van der Waals surface area contributed by atoms with E-state index in [0.29, 0.717) is 5.52 Å². The normalized spacial score (nSPS) is 28.5. The molecule has 6 heterocycles. The van der Waals surface area contributed by atoms with Gasteiger partial charge in [0.25, 0.3) is 5.56 Å². The number of nitrogens with one attached hydrogen (secondary N) is 1. The Morgan fingerprint density at radius 1 is 1.09 bits per heavy atom. The van der Waals surface area contributed by atoms with Gasteiger partial charge in [0.2, 0.25) is 0 Å². The molecule has 0 bridgehead atoms. The fourth-order valence-electron chi connectivity index (χ4n) is 5.07. The lowest BCUT2D eigenvalue weighted by Gasteiger charge is -2.24. The number of ether oxygens (including phenoxy) is 2. The third-order valence-corrected chi connectivity index (χ3v) is 9.66. The number of imidazole rings is 1. The summed E-state index contributed by atoms with van der Waals surface area (Å²) in [6, 6.07) is 0. The summed E-state index contributed by atoms with van der Waals surface area (Å²) in [5.41, 5.74) is 6.02. The minimum atomic E-state index is -4.18. The molecule has 8 atom stereocenters. The van der Waals surface area contributed by atoms with Gasteiger partial charge in [0.05, 0.1) is 43.1 Å². The van der Waals surface area contributed by atoms with Crippen molar-refractivity contribution in [2.24, 2.45) is 0 Å². The predicted molar refractivity (Wildman–Crippen MR) is 159 cm³/mol. The first-order valence-corrected chi connectivity index (χ1v) is 18.6. The number of aromatic nitrogens is 7. The standard InChI is InChI=1S/C21H24ClFN8O9P2S2/c22-11-3-30(17-14(11)19(32)28-7-26-17)21-13(2-10(39-21)4-36-41(33,34)43)40-42(35,44)37-5-9-1-12(23)20(38-9)31-8-29-15-16(24)25-6-27-18(15)31/h3,6-10,12-13,20-21H,1-2,4-5H2,(H,35,44)(H2,24,25,27)(H,26,28,32)(H2,33,34,43)/t9-,10-,12+,13+,20+,21+,42?/m0/s1. The number of alkyl halides is 1. The molecule has 0 amide bonds. The van der Waals surface area contributed by atoms with Crippen LogP contribution in [-0.2, 0) is 32.2 Å². The van der Waals surface area contributed by atoms with Gasteiger partial charge in [-0.3, -0.25) is 22.9 Å². The van der Waals surface area contributed by atoms with Gasteiger partial charge in [-0.1, -0.05) is 36.1 Å². The molecule has 17 nitrogen and oxygen atoms in total. The third-order valence-electron chi connectivity index (χ3n) is 6.90. The van der Waals surface area contributed by atoms with E-state index in [1.807, 2.05) is 0 Å². The molecule has 0 saturated carbocycles. The molecule has 0 aliphatic carbocycles. The summed E-state index contributed by atoms with van der Waals surface area (Å²) in [6.45, 7) is -9.05. The van der Waals surface area contributed by atoms with E-state index in [4.69, 9.17) is 40.4 Å². The van der Waals surface area contributed by atoms with Gasteiger partial charge in [0, 0.05) is 19.0 Å². The number of nitrogen functional groups attached to an aromatic ring is 1. The first kappa shape index (κ1) is 31.9. The lowest BCUT2D eigenvalue weighted by molar-refractivity contribution is -0.0468. The summed E-state index contributed by atoms with van der Waals surface area (Å²) >= 11 is 13.9. The van der Waals surface area contributed by atoms with Crippen molar-refractivity contribution < 1.29 is 41.5 Å². The van der Waals surface area contributed by atoms with Gasteiger partial charge in [-0.25, -0.2) is 33.5 Å². The number of anilines is 1. The van der Waals surface area contributed by atoms with E-state index < -0.39 is 56.1 Å². The van der Waals surface area contributed by atoms with E-state index in [1.54, 1.807) is 0 Å². The number of fused-ring (bicyclic) bond motifs is 2. The Morgan fingerprint density at radius 2 is 1.82 bits per heavy atom. The zero-order valence-corrected chi connectivity index (χ0v) is 26.5. The second-order valence-electron chi connectivity index (χ2n) is 9.88.